The molecule has 0 spiro atoms. The molecule has 0 aromatic carbocycles. The van der Waals surface area contributed by atoms with Gasteiger partial charge in [-0.25, -0.2) is 4.79 Å². The summed E-state index contributed by atoms with van der Waals surface area (Å²) < 4.78 is 30.4. The lowest BCUT2D eigenvalue weighted by Crippen LogP contribution is -2.12. The van der Waals surface area contributed by atoms with E-state index in [0.29, 0.717) is 5.01 Å². The van der Waals surface area contributed by atoms with Gasteiger partial charge < -0.3 is 9.52 Å². The SMILES string of the molecule is Cc1nnc(NS(=O)(=O)c2ccc(C(=O)O)o2)s1. The van der Waals surface area contributed by atoms with Crippen LogP contribution in [0.3, 0.4) is 0 Å². The van der Waals surface area contributed by atoms with Crippen molar-refractivity contribution in [2.75, 3.05) is 4.72 Å². The van der Waals surface area contributed by atoms with E-state index in [1.165, 1.54) is 0 Å². The minimum absolute atomic E-state index is 0.0841. The van der Waals surface area contributed by atoms with E-state index in [4.69, 9.17) is 9.52 Å². The number of hydrogen-bond acceptors (Lipinski definition) is 7. The highest BCUT2D eigenvalue weighted by Crippen LogP contribution is 2.20. The van der Waals surface area contributed by atoms with Crippen molar-refractivity contribution in [3.63, 3.8) is 0 Å². The summed E-state index contributed by atoms with van der Waals surface area (Å²) in [5.74, 6) is -1.80. The van der Waals surface area contributed by atoms with Crippen molar-refractivity contribution in [1.82, 2.24) is 10.2 Å². The molecule has 0 aliphatic rings. The van der Waals surface area contributed by atoms with Crippen molar-refractivity contribution in [3.8, 4) is 0 Å². The number of nitrogens with zero attached hydrogens (tertiary/aromatic N) is 2. The number of aromatic nitrogens is 2. The average molecular weight is 289 g/mol. The first-order valence-corrected chi connectivity index (χ1v) is 6.84. The van der Waals surface area contributed by atoms with E-state index < -0.39 is 26.8 Å². The highest BCUT2D eigenvalue weighted by Gasteiger charge is 2.22. The number of furan rings is 1. The van der Waals surface area contributed by atoms with Crippen LogP contribution in [0.4, 0.5) is 5.13 Å². The van der Waals surface area contributed by atoms with Crippen molar-refractivity contribution in [3.05, 3.63) is 22.9 Å². The van der Waals surface area contributed by atoms with Gasteiger partial charge in [-0.2, -0.15) is 8.42 Å². The Kier molecular flexibility index (Phi) is 3.05. The molecular weight excluding hydrogens is 282 g/mol. The Labute approximate surface area is 105 Å². The Morgan fingerprint density at radius 3 is 2.67 bits per heavy atom. The first-order chi connectivity index (χ1) is 8.38. The Bertz CT molecular complexity index is 687. The summed E-state index contributed by atoms with van der Waals surface area (Å²) >= 11 is 1.05. The molecule has 0 fully saturated rings. The lowest BCUT2D eigenvalue weighted by atomic mass is 10.5. The molecule has 96 valence electrons. The number of rotatable bonds is 4. The summed E-state index contributed by atoms with van der Waals surface area (Å²) in [6.45, 7) is 1.67. The van der Waals surface area contributed by atoms with E-state index in [1.54, 1.807) is 6.92 Å². The quantitative estimate of drug-likeness (QED) is 0.858. The van der Waals surface area contributed by atoms with Gasteiger partial charge >= 0.3 is 5.97 Å². The van der Waals surface area contributed by atoms with Crippen molar-refractivity contribution in [2.45, 2.75) is 12.0 Å². The van der Waals surface area contributed by atoms with Gasteiger partial charge in [0.05, 0.1) is 0 Å². The van der Waals surface area contributed by atoms with Crippen LogP contribution < -0.4 is 4.72 Å². The second-order valence-corrected chi connectivity index (χ2v) is 5.95. The van der Waals surface area contributed by atoms with Crippen LogP contribution in [0.25, 0.3) is 0 Å². The second-order valence-electron chi connectivity index (χ2n) is 3.16. The summed E-state index contributed by atoms with van der Waals surface area (Å²) in [5.41, 5.74) is 0. The van der Waals surface area contributed by atoms with Gasteiger partial charge in [-0.05, 0) is 19.1 Å². The van der Waals surface area contributed by atoms with E-state index in [-0.39, 0.29) is 5.13 Å². The Morgan fingerprint density at radius 1 is 1.44 bits per heavy atom. The zero-order chi connectivity index (χ0) is 13.3. The highest BCUT2D eigenvalue weighted by molar-refractivity contribution is 7.92. The van der Waals surface area contributed by atoms with E-state index in [2.05, 4.69) is 14.9 Å². The number of carboxylic acid groups (broad SMARTS) is 1. The fraction of sp³-hybridized carbons (Fsp3) is 0.125. The summed E-state index contributed by atoms with van der Waals surface area (Å²) in [5, 5.41) is 16.0. The van der Waals surface area contributed by atoms with Gasteiger partial charge in [0.1, 0.15) is 5.01 Å². The van der Waals surface area contributed by atoms with Crippen LogP contribution in [-0.2, 0) is 10.0 Å². The summed E-state index contributed by atoms with van der Waals surface area (Å²) in [7, 11) is -3.98. The molecule has 2 heterocycles. The number of nitrogens with one attached hydrogen (secondary N) is 1. The molecule has 0 bridgehead atoms. The zero-order valence-electron chi connectivity index (χ0n) is 8.95. The molecule has 2 N–H and O–H groups in total. The van der Waals surface area contributed by atoms with Gasteiger partial charge in [0.2, 0.25) is 16.0 Å². The number of hydrogen-bond donors (Lipinski definition) is 2. The summed E-state index contributed by atoms with van der Waals surface area (Å²) in [6.07, 6.45) is 0. The first kappa shape index (κ1) is 12.5. The topological polar surface area (TPSA) is 122 Å². The van der Waals surface area contributed by atoms with E-state index in [9.17, 15) is 13.2 Å². The Hall–Kier alpha value is -1.94. The predicted molar refractivity (Wildman–Crippen MR) is 61.1 cm³/mol. The monoisotopic (exact) mass is 289 g/mol. The van der Waals surface area contributed by atoms with Crippen molar-refractivity contribution < 1.29 is 22.7 Å². The van der Waals surface area contributed by atoms with Crippen molar-refractivity contribution >= 4 is 32.5 Å². The molecule has 2 aromatic heterocycles. The van der Waals surface area contributed by atoms with Gasteiger partial charge in [0, 0.05) is 0 Å². The van der Waals surface area contributed by atoms with Crippen molar-refractivity contribution in [2.24, 2.45) is 0 Å². The third-order valence-corrected chi connectivity index (χ3v) is 3.90. The minimum atomic E-state index is -3.98. The van der Waals surface area contributed by atoms with Crippen LogP contribution in [0.5, 0.6) is 0 Å². The first-order valence-electron chi connectivity index (χ1n) is 4.54. The number of sulfonamides is 1. The number of carboxylic acids is 1. The van der Waals surface area contributed by atoms with Gasteiger partial charge in [-0.3, -0.25) is 4.72 Å². The van der Waals surface area contributed by atoms with E-state index in [0.717, 1.165) is 23.5 Å². The summed E-state index contributed by atoms with van der Waals surface area (Å²) in [6, 6.07) is 2.11. The van der Waals surface area contributed by atoms with Crippen LogP contribution in [0, 0.1) is 6.92 Å². The molecule has 0 aliphatic heterocycles. The Balaban J connectivity index is 2.27. The number of anilines is 1. The predicted octanol–water partition coefficient (Wildman–Crippen LogP) is 0.939. The molecule has 0 radical (unpaired) electrons. The minimum Gasteiger partial charge on any atom is -0.475 e. The molecule has 0 unspecified atom stereocenters. The summed E-state index contributed by atoms with van der Waals surface area (Å²) in [4.78, 5) is 10.6. The standard InChI is InChI=1S/C8H7N3O5S2/c1-4-9-10-8(17-4)11-18(14,15)6-3-2-5(16-6)7(12)13/h2-3H,1H3,(H,10,11)(H,12,13). The molecule has 0 aliphatic carbocycles. The van der Waals surface area contributed by atoms with Crippen LogP contribution in [-0.4, -0.2) is 29.7 Å². The van der Waals surface area contributed by atoms with E-state index in [1.807, 2.05) is 0 Å². The maximum atomic E-state index is 11.8. The molecule has 0 saturated heterocycles. The Morgan fingerprint density at radius 2 is 2.17 bits per heavy atom. The lowest BCUT2D eigenvalue weighted by molar-refractivity contribution is 0.0656. The van der Waals surface area contributed by atoms with E-state index >= 15 is 0 Å². The van der Waals surface area contributed by atoms with Crippen molar-refractivity contribution in [1.29, 1.82) is 0 Å². The maximum absolute atomic E-state index is 11.8. The van der Waals surface area contributed by atoms with Gasteiger partial charge in [0.25, 0.3) is 10.0 Å². The van der Waals surface area contributed by atoms with Gasteiger partial charge in [-0.1, -0.05) is 11.3 Å². The smallest absolute Gasteiger partial charge is 0.371 e. The second kappa shape index (κ2) is 4.38. The fourth-order valence-corrected chi connectivity index (χ4v) is 2.84. The number of aryl methyl sites for hydroxylation is 1. The number of aromatic carboxylic acids is 1. The normalized spacial score (nSPS) is 11.4. The van der Waals surface area contributed by atoms with Crippen LogP contribution in [0.1, 0.15) is 15.6 Å². The average Bonchev–Trinajstić information content (AvgIpc) is 2.86. The molecule has 0 atom stereocenters. The third-order valence-electron chi connectivity index (χ3n) is 1.80. The molecule has 0 amide bonds. The molecule has 18 heavy (non-hydrogen) atoms. The largest absolute Gasteiger partial charge is 0.475 e. The van der Waals surface area contributed by atoms with Crippen LogP contribution >= 0.6 is 11.3 Å². The zero-order valence-corrected chi connectivity index (χ0v) is 10.6. The fourth-order valence-electron chi connectivity index (χ4n) is 1.08. The molecule has 10 heteroatoms. The van der Waals surface area contributed by atoms with Gasteiger partial charge in [0.15, 0.2) is 0 Å². The maximum Gasteiger partial charge on any atom is 0.371 e. The molecule has 2 aromatic rings. The molecular formula is C8H7N3O5S2. The molecule has 8 nitrogen and oxygen atoms in total. The molecule has 2 rings (SSSR count). The highest BCUT2D eigenvalue weighted by atomic mass is 32.2. The lowest BCUT2D eigenvalue weighted by Gasteiger charge is -1.99. The molecule has 0 saturated carbocycles. The third kappa shape index (κ3) is 2.49. The van der Waals surface area contributed by atoms with Gasteiger partial charge in [-0.15, -0.1) is 10.2 Å². The van der Waals surface area contributed by atoms with Crippen LogP contribution in [0.2, 0.25) is 0 Å². The van der Waals surface area contributed by atoms with Crippen LogP contribution in [0.15, 0.2) is 21.6 Å². The number of carbonyl (C=O) groups is 1.